The van der Waals surface area contributed by atoms with Gasteiger partial charge >= 0.3 is 12.1 Å². The van der Waals surface area contributed by atoms with Crippen molar-refractivity contribution in [1.82, 2.24) is 20.4 Å². The van der Waals surface area contributed by atoms with Crippen LogP contribution >= 0.6 is 0 Å². The van der Waals surface area contributed by atoms with E-state index in [1.165, 1.54) is 39.2 Å². The van der Waals surface area contributed by atoms with Crippen molar-refractivity contribution in [2.24, 2.45) is 0 Å². The monoisotopic (exact) mass is 789 g/mol. The van der Waals surface area contributed by atoms with Crippen LogP contribution in [0.3, 0.4) is 0 Å². The number of phenols is 1. The molecule has 4 aliphatic heterocycles. The topological polar surface area (TPSA) is 163 Å². The van der Waals surface area contributed by atoms with E-state index in [1.807, 2.05) is 24.9 Å². The molecule has 0 spiro atoms. The number of piperazine rings is 1. The van der Waals surface area contributed by atoms with Crippen LogP contribution < -0.4 is 29.6 Å². The van der Waals surface area contributed by atoms with E-state index in [9.17, 15) is 37.9 Å². The first-order valence-electron chi connectivity index (χ1n) is 18.4. The van der Waals surface area contributed by atoms with Crippen LogP contribution in [0.2, 0.25) is 0 Å². The Labute approximate surface area is 326 Å². The SMILES string of the molecule is COc1c(C)cc2c(c1O)[C@H]1C3Cc4c(OC(C)=O)c(C)c5c(c4[C@H](CNC(=O)[C@@H](C)NC(=O)C=Cc4cccc(C(F)(F)F)c4)N3[C@@H](C#N)[C@@H](C2)N1C)OCO5. The Morgan fingerprint density at radius 2 is 1.84 bits per heavy atom. The van der Waals surface area contributed by atoms with E-state index >= 15 is 0 Å². The van der Waals surface area contributed by atoms with Crippen LogP contribution in [0.4, 0.5) is 13.2 Å². The maximum absolute atomic E-state index is 13.7. The summed E-state index contributed by atoms with van der Waals surface area (Å²) in [5, 5.41) is 28.1. The Balaban J connectivity index is 1.25. The predicted octanol–water partition coefficient (Wildman–Crippen LogP) is 4.80. The van der Waals surface area contributed by atoms with Gasteiger partial charge in [-0.05, 0) is 75.6 Å². The molecule has 57 heavy (non-hydrogen) atoms. The number of carbonyl (C=O) groups excluding carboxylic acids is 3. The van der Waals surface area contributed by atoms with Gasteiger partial charge in [-0.2, -0.15) is 18.4 Å². The molecular formula is C41H42F3N5O8. The number of phenolic OH excluding ortho intramolecular Hbond substituents is 1. The molecule has 3 aromatic rings. The lowest BCUT2D eigenvalue weighted by molar-refractivity contribution is -0.137. The van der Waals surface area contributed by atoms with Crippen molar-refractivity contribution in [3.05, 3.63) is 80.9 Å². The Kier molecular flexibility index (Phi) is 10.3. The molecular weight excluding hydrogens is 747 g/mol. The van der Waals surface area contributed by atoms with Gasteiger partial charge in [0.1, 0.15) is 17.8 Å². The first kappa shape index (κ1) is 39.4. The van der Waals surface area contributed by atoms with Gasteiger partial charge in [0.25, 0.3) is 0 Å². The molecule has 0 aromatic heterocycles. The lowest BCUT2D eigenvalue weighted by Gasteiger charge is -2.60. The number of carbonyl (C=O) groups is 3. The average Bonchev–Trinajstić information content (AvgIpc) is 3.65. The molecule has 0 saturated carbocycles. The molecule has 4 aliphatic rings. The number of methoxy groups -OCH3 is 1. The Morgan fingerprint density at radius 3 is 2.53 bits per heavy atom. The van der Waals surface area contributed by atoms with Crippen molar-refractivity contribution in [1.29, 1.82) is 5.26 Å². The van der Waals surface area contributed by atoms with Gasteiger partial charge < -0.3 is 34.7 Å². The van der Waals surface area contributed by atoms with Crippen LogP contribution in [0, 0.1) is 25.2 Å². The van der Waals surface area contributed by atoms with Crippen molar-refractivity contribution in [3.8, 4) is 34.8 Å². The summed E-state index contributed by atoms with van der Waals surface area (Å²) < 4.78 is 63.0. The van der Waals surface area contributed by atoms with Crippen molar-refractivity contribution in [2.75, 3.05) is 27.5 Å². The molecule has 7 rings (SSSR count). The van der Waals surface area contributed by atoms with Crippen LogP contribution in [0.5, 0.6) is 28.7 Å². The summed E-state index contributed by atoms with van der Waals surface area (Å²) in [6.07, 6.45) is -1.58. The number of nitrogens with zero attached hydrogens (tertiary/aromatic N) is 3. The maximum Gasteiger partial charge on any atom is 0.416 e. The minimum Gasteiger partial charge on any atom is -0.504 e. The van der Waals surface area contributed by atoms with Gasteiger partial charge in [0.15, 0.2) is 23.0 Å². The number of nitriles is 1. The number of rotatable bonds is 8. The molecule has 300 valence electrons. The third-order valence-corrected chi connectivity index (χ3v) is 11.4. The van der Waals surface area contributed by atoms with Gasteiger partial charge in [0.05, 0.1) is 30.8 Å². The number of benzene rings is 3. The maximum atomic E-state index is 13.7. The summed E-state index contributed by atoms with van der Waals surface area (Å²) in [6, 6.07) is 5.14. The quantitative estimate of drug-likeness (QED) is 0.163. The highest BCUT2D eigenvalue weighted by Gasteiger charge is 2.57. The summed E-state index contributed by atoms with van der Waals surface area (Å²) in [5.74, 6) is -0.439. The second-order valence-electron chi connectivity index (χ2n) is 14.8. The molecule has 16 heteroatoms. The van der Waals surface area contributed by atoms with Crippen molar-refractivity contribution in [3.63, 3.8) is 0 Å². The lowest BCUT2D eigenvalue weighted by Crippen LogP contribution is -2.69. The van der Waals surface area contributed by atoms with Crippen LogP contribution in [0.25, 0.3) is 6.08 Å². The molecule has 4 heterocycles. The number of aromatic hydroxyl groups is 1. The number of hydrogen-bond acceptors (Lipinski definition) is 11. The molecule has 1 saturated heterocycles. The number of aryl methyl sites for hydroxylation is 1. The largest absolute Gasteiger partial charge is 0.504 e. The molecule has 1 unspecified atom stereocenters. The van der Waals surface area contributed by atoms with E-state index in [1.54, 1.807) is 6.92 Å². The molecule has 3 aromatic carbocycles. The highest BCUT2D eigenvalue weighted by molar-refractivity contribution is 5.95. The number of fused-ring (bicyclic) bond motifs is 9. The molecule has 13 nitrogen and oxygen atoms in total. The Morgan fingerprint density at radius 1 is 1.11 bits per heavy atom. The number of hydrogen-bond donors (Lipinski definition) is 3. The first-order valence-corrected chi connectivity index (χ1v) is 18.4. The Bertz CT molecular complexity index is 2240. The van der Waals surface area contributed by atoms with Gasteiger partial charge in [0, 0.05) is 53.9 Å². The minimum atomic E-state index is -4.55. The Hall–Kier alpha value is -5.79. The summed E-state index contributed by atoms with van der Waals surface area (Å²) >= 11 is 0. The smallest absolute Gasteiger partial charge is 0.416 e. The summed E-state index contributed by atoms with van der Waals surface area (Å²) in [5.41, 5.74) is 3.35. The summed E-state index contributed by atoms with van der Waals surface area (Å²) in [7, 11) is 3.41. The molecule has 1 fully saturated rings. The zero-order valence-electron chi connectivity index (χ0n) is 32.1. The van der Waals surface area contributed by atoms with Crippen molar-refractivity contribution >= 4 is 23.9 Å². The molecule has 2 amide bonds. The van der Waals surface area contributed by atoms with Crippen LogP contribution in [0.1, 0.15) is 70.4 Å². The lowest BCUT2D eigenvalue weighted by atomic mass is 9.71. The fourth-order valence-electron chi connectivity index (χ4n) is 8.98. The molecule has 3 N–H and O–H groups in total. The molecule has 0 radical (unpaired) electrons. The normalized spacial score (nSPS) is 22.8. The third-order valence-electron chi connectivity index (χ3n) is 11.4. The highest BCUT2D eigenvalue weighted by atomic mass is 19.4. The number of esters is 1. The number of amides is 2. The van der Waals surface area contributed by atoms with Gasteiger partial charge in [0.2, 0.25) is 18.6 Å². The average molecular weight is 790 g/mol. The number of nitrogens with one attached hydrogen (secondary N) is 2. The predicted molar refractivity (Wildman–Crippen MR) is 199 cm³/mol. The van der Waals surface area contributed by atoms with Gasteiger partial charge in [-0.3, -0.25) is 24.2 Å². The fraction of sp³-hybridized carbons (Fsp3) is 0.415. The van der Waals surface area contributed by atoms with Crippen LogP contribution in [0.15, 0.2) is 36.4 Å². The van der Waals surface area contributed by atoms with E-state index in [4.69, 9.17) is 18.9 Å². The van der Waals surface area contributed by atoms with Crippen LogP contribution in [-0.4, -0.2) is 84.4 Å². The fourth-order valence-corrected chi connectivity index (χ4v) is 8.98. The number of alkyl halides is 3. The van der Waals surface area contributed by atoms with Crippen molar-refractivity contribution in [2.45, 2.75) is 83.0 Å². The summed E-state index contributed by atoms with van der Waals surface area (Å²) in [6.45, 7) is 6.18. The minimum absolute atomic E-state index is 0.00237. The van der Waals surface area contributed by atoms with Gasteiger partial charge in [-0.15, -0.1) is 0 Å². The van der Waals surface area contributed by atoms with E-state index in [2.05, 4.69) is 21.6 Å². The van der Waals surface area contributed by atoms with Crippen molar-refractivity contribution < 1.29 is 51.6 Å². The second-order valence-corrected chi connectivity index (χ2v) is 14.8. The van der Waals surface area contributed by atoms with Gasteiger partial charge in [-0.1, -0.05) is 18.2 Å². The standard InChI is InChI=1S/C41H42F3N5O8/c1-19-12-24-14-27-29(16-45)49-28(34(48(27)5)32(24)35(52)36(19)54-6)15-26-33(39-38(55-18-56-39)20(2)37(26)57-22(4)50)30(49)17-46-40(53)21(3)47-31(51)11-10-23-8-7-9-25(13-23)41(42,43)44/h7-13,21,27-30,34,52H,14-15,17-18H2,1-6H3,(H,46,53)(H,47,51)/t21-,27-,28?,29+,30+,34-/m1/s1. The van der Waals surface area contributed by atoms with Crippen LogP contribution in [-0.2, 0) is 33.4 Å². The first-order chi connectivity index (χ1) is 27.0. The number of halogens is 3. The van der Waals surface area contributed by atoms with E-state index in [-0.39, 0.29) is 42.9 Å². The second kappa shape index (κ2) is 14.9. The molecule has 2 bridgehead atoms. The van der Waals surface area contributed by atoms with E-state index < -0.39 is 59.7 Å². The highest BCUT2D eigenvalue weighted by Crippen LogP contribution is 2.58. The summed E-state index contributed by atoms with van der Waals surface area (Å²) in [4.78, 5) is 43.2. The zero-order chi connectivity index (χ0) is 41.1. The number of likely N-dealkylation sites (N-methyl/N-ethyl adjacent to an activating group) is 1. The molecule has 6 atom stereocenters. The zero-order valence-corrected chi connectivity index (χ0v) is 32.1. The molecule has 0 aliphatic carbocycles. The third kappa shape index (κ3) is 6.88. The van der Waals surface area contributed by atoms with E-state index in [0.717, 1.165) is 29.3 Å². The number of ether oxygens (including phenoxy) is 4. The van der Waals surface area contributed by atoms with Gasteiger partial charge in [-0.25, -0.2) is 0 Å². The van der Waals surface area contributed by atoms with E-state index in [0.29, 0.717) is 45.9 Å².